The molecule has 15 heavy (non-hydrogen) atoms. The largest absolute Gasteiger partial charge is 0.354 e. The lowest BCUT2D eigenvalue weighted by atomic mass is 10.2. The van der Waals surface area contributed by atoms with Crippen LogP contribution in [0.2, 0.25) is 0 Å². The monoisotopic (exact) mass is 217 g/mol. The van der Waals surface area contributed by atoms with Crippen molar-refractivity contribution in [1.82, 2.24) is 9.97 Å². The van der Waals surface area contributed by atoms with Crippen LogP contribution in [0.3, 0.4) is 0 Å². The molecule has 3 nitrogen and oxygen atoms in total. The first-order valence-corrected chi connectivity index (χ1v) is 5.98. The molecule has 0 amide bonds. The first-order valence-electron chi connectivity index (χ1n) is 5.03. The molecule has 0 spiro atoms. The molecule has 0 fully saturated rings. The van der Waals surface area contributed by atoms with Crippen molar-refractivity contribution in [3.8, 4) is 11.3 Å². The molecule has 76 valence electrons. The van der Waals surface area contributed by atoms with Crippen LogP contribution in [0.1, 0.15) is 18.1 Å². The molecule has 3 rings (SSSR count). The topological polar surface area (TPSA) is 37.8 Å². The maximum Gasteiger partial charge on any atom is 0.223 e. The summed E-state index contributed by atoms with van der Waals surface area (Å²) in [4.78, 5) is 8.82. The molecule has 0 aromatic carbocycles. The lowest BCUT2D eigenvalue weighted by Gasteiger charge is -2.03. The molecule has 0 aliphatic heterocycles. The van der Waals surface area contributed by atoms with E-state index in [4.69, 9.17) is 0 Å². The van der Waals surface area contributed by atoms with Gasteiger partial charge in [-0.25, -0.2) is 9.97 Å². The minimum Gasteiger partial charge on any atom is -0.354 e. The normalized spacial score (nSPS) is 12.3. The van der Waals surface area contributed by atoms with Crippen LogP contribution in [0.25, 0.3) is 11.3 Å². The standard InChI is InChI=1S/C11H11N3S/c1-2-12-11-13-4-7-3-8-5-15-6-9(8)10(7)14-11/h4-6H,2-3H2,1H3,(H,12,13,14). The third-order valence-electron chi connectivity index (χ3n) is 2.58. The lowest BCUT2D eigenvalue weighted by molar-refractivity contribution is 1.07. The Kier molecular flexibility index (Phi) is 1.95. The van der Waals surface area contributed by atoms with Gasteiger partial charge in [-0.05, 0) is 17.9 Å². The maximum atomic E-state index is 4.54. The van der Waals surface area contributed by atoms with Crippen LogP contribution in [0.15, 0.2) is 17.0 Å². The number of thiophene rings is 1. The summed E-state index contributed by atoms with van der Waals surface area (Å²) in [6.45, 7) is 2.90. The maximum absolute atomic E-state index is 4.54. The van der Waals surface area contributed by atoms with Gasteiger partial charge in [0.25, 0.3) is 0 Å². The molecule has 0 saturated carbocycles. The molecule has 1 aliphatic carbocycles. The number of anilines is 1. The van der Waals surface area contributed by atoms with Gasteiger partial charge in [-0.15, -0.1) is 0 Å². The molecular weight excluding hydrogens is 206 g/mol. The molecule has 0 atom stereocenters. The Bertz CT molecular complexity index is 504. The molecule has 1 N–H and O–H groups in total. The minimum atomic E-state index is 0.732. The van der Waals surface area contributed by atoms with Gasteiger partial charge in [-0.3, -0.25) is 0 Å². The third-order valence-corrected chi connectivity index (χ3v) is 3.37. The fraction of sp³-hybridized carbons (Fsp3) is 0.273. The summed E-state index contributed by atoms with van der Waals surface area (Å²) >= 11 is 1.74. The highest BCUT2D eigenvalue weighted by atomic mass is 32.1. The van der Waals surface area contributed by atoms with Gasteiger partial charge in [-0.1, -0.05) is 0 Å². The van der Waals surface area contributed by atoms with E-state index in [1.165, 1.54) is 16.7 Å². The Labute approximate surface area is 92.2 Å². The molecule has 4 heteroatoms. The molecule has 0 saturated heterocycles. The van der Waals surface area contributed by atoms with Gasteiger partial charge in [0, 0.05) is 35.7 Å². The van der Waals surface area contributed by atoms with Gasteiger partial charge in [0.15, 0.2) is 0 Å². The second-order valence-corrected chi connectivity index (χ2v) is 4.33. The SMILES string of the molecule is CCNc1ncc2c(n1)-c1cscc1C2. The van der Waals surface area contributed by atoms with Crippen LogP contribution in [-0.2, 0) is 6.42 Å². The van der Waals surface area contributed by atoms with E-state index in [0.29, 0.717) is 0 Å². The van der Waals surface area contributed by atoms with Crippen molar-refractivity contribution in [2.75, 3.05) is 11.9 Å². The van der Waals surface area contributed by atoms with Crippen LogP contribution in [-0.4, -0.2) is 16.5 Å². The highest BCUT2D eigenvalue weighted by molar-refractivity contribution is 7.08. The summed E-state index contributed by atoms with van der Waals surface area (Å²) in [5.41, 5.74) is 5.03. The summed E-state index contributed by atoms with van der Waals surface area (Å²) < 4.78 is 0. The van der Waals surface area contributed by atoms with E-state index in [1.54, 1.807) is 11.3 Å². The van der Waals surface area contributed by atoms with Crippen molar-refractivity contribution < 1.29 is 0 Å². The number of fused-ring (bicyclic) bond motifs is 3. The van der Waals surface area contributed by atoms with E-state index in [2.05, 4.69) is 26.0 Å². The van der Waals surface area contributed by atoms with Crippen LogP contribution < -0.4 is 5.32 Å². The van der Waals surface area contributed by atoms with Crippen LogP contribution in [0.4, 0.5) is 5.95 Å². The predicted molar refractivity (Wildman–Crippen MR) is 62.3 cm³/mol. The van der Waals surface area contributed by atoms with Crippen molar-refractivity contribution in [1.29, 1.82) is 0 Å². The predicted octanol–water partition coefficient (Wildman–Crippen LogP) is 2.54. The second-order valence-electron chi connectivity index (χ2n) is 3.59. The van der Waals surface area contributed by atoms with Crippen LogP contribution in [0.5, 0.6) is 0 Å². The van der Waals surface area contributed by atoms with Crippen molar-refractivity contribution in [2.24, 2.45) is 0 Å². The Balaban J connectivity index is 2.10. The second kappa shape index (κ2) is 3.31. The molecule has 0 bridgehead atoms. The average Bonchev–Trinajstić information content (AvgIpc) is 2.78. The summed E-state index contributed by atoms with van der Waals surface area (Å²) in [6.07, 6.45) is 2.92. The summed E-state index contributed by atoms with van der Waals surface area (Å²) in [5, 5.41) is 7.51. The molecule has 0 radical (unpaired) electrons. The quantitative estimate of drug-likeness (QED) is 0.716. The zero-order valence-electron chi connectivity index (χ0n) is 8.45. The number of nitrogens with zero attached hydrogens (tertiary/aromatic N) is 2. The van der Waals surface area contributed by atoms with E-state index in [1.807, 2.05) is 13.1 Å². The van der Waals surface area contributed by atoms with E-state index in [-0.39, 0.29) is 0 Å². The highest BCUT2D eigenvalue weighted by Gasteiger charge is 2.21. The van der Waals surface area contributed by atoms with Gasteiger partial charge < -0.3 is 5.32 Å². The van der Waals surface area contributed by atoms with Gasteiger partial charge >= 0.3 is 0 Å². The van der Waals surface area contributed by atoms with Crippen LogP contribution >= 0.6 is 11.3 Å². The summed E-state index contributed by atoms with van der Waals surface area (Å²) in [6, 6.07) is 0. The van der Waals surface area contributed by atoms with Crippen molar-refractivity contribution >= 4 is 17.3 Å². The Hall–Kier alpha value is -1.42. The van der Waals surface area contributed by atoms with Crippen LogP contribution in [0, 0.1) is 0 Å². The van der Waals surface area contributed by atoms with E-state index >= 15 is 0 Å². The number of hydrogen-bond donors (Lipinski definition) is 1. The lowest BCUT2D eigenvalue weighted by Crippen LogP contribution is -2.02. The highest BCUT2D eigenvalue weighted by Crippen LogP contribution is 2.37. The van der Waals surface area contributed by atoms with Gasteiger partial charge in [-0.2, -0.15) is 11.3 Å². The van der Waals surface area contributed by atoms with Crippen molar-refractivity contribution in [3.63, 3.8) is 0 Å². The fourth-order valence-electron chi connectivity index (χ4n) is 1.89. The number of hydrogen-bond acceptors (Lipinski definition) is 4. The van der Waals surface area contributed by atoms with E-state index in [9.17, 15) is 0 Å². The molecule has 2 aromatic rings. The fourth-order valence-corrected chi connectivity index (χ4v) is 2.73. The Morgan fingerprint density at radius 1 is 1.40 bits per heavy atom. The van der Waals surface area contributed by atoms with Crippen molar-refractivity contribution in [2.45, 2.75) is 13.3 Å². The first kappa shape index (κ1) is 8.85. The van der Waals surface area contributed by atoms with Gasteiger partial charge in [0.2, 0.25) is 5.95 Å². The molecule has 1 aliphatic rings. The third kappa shape index (κ3) is 1.33. The molecule has 0 unspecified atom stereocenters. The zero-order chi connectivity index (χ0) is 10.3. The first-order chi connectivity index (χ1) is 7.38. The van der Waals surface area contributed by atoms with Gasteiger partial charge in [0.1, 0.15) is 0 Å². The summed E-state index contributed by atoms with van der Waals surface area (Å²) in [5.74, 6) is 0.732. The average molecular weight is 217 g/mol. The van der Waals surface area contributed by atoms with E-state index in [0.717, 1.165) is 24.6 Å². The molecule has 2 heterocycles. The van der Waals surface area contributed by atoms with Crippen molar-refractivity contribution in [3.05, 3.63) is 28.1 Å². The number of rotatable bonds is 2. The smallest absolute Gasteiger partial charge is 0.223 e. The minimum absolute atomic E-state index is 0.732. The zero-order valence-corrected chi connectivity index (χ0v) is 9.27. The molecular formula is C11H11N3S. The number of nitrogens with one attached hydrogen (secondary N) is 1. The summed E-state index contributed by atoms with van der Waals surface area (Å²) in [7, 11) is 0. The number of aromatic nitrogens is 2. The Morgan fingerprint density at radius 3 is 3.20 bits per heavy atom. The van der Waals surface area contributed by atoms with E-state index < -0.39 is 0 Å². The Morgan fingerprint density at radius 2 is 2.33 bits per heavy atom. The van der Waals surface area contributed by atoms with Gasteiger partial charge in [0.05, 0.1) is 5.69 Å². The molecule has 2 aromatic heterocycles.